The maximum Gasteiger partial charge on any atom is 0.466 e. The van der Waals surface area contributed by atoms with E-state index in [1.54, 1.807) is 0 Å². The summed E-state index contributed by atoms with van der Waals surface area (Å²) in [6, 6.07) is 0. The van der Waals surface area contributed by atoms with Crippen molar-refractivity contribution in [2.24, 2.45) is 0 Å². The topological polar surface area (TPSA) is 98.0 Å². The normalized spacial score (nSPS) is 10.4. The van der Waals surface area contributed by atoms with Crippen molar-refractivity contribution in [3.63, 3.8) is 0 Å². The molecule has 0 aromatic rings. The molecule has 0 heterocycles. The smallest absolute Gasteiger partial charge is 0.396 e. The number of aliphatic hydroxyl groups excluding tert-OH is 1. The van der Waals surface area contributed by atoms with Crippen LogP contribution in [0.2, 0.25) is 0 Å². The van der Waals surface area contributed by atoms with Crippen LogP contribution in [-0.2, 0) is 4.57 Å². The van der Waals surface area contributed by atoms with E-state index in [2.05, 4.69) is 6.92 Å². The molecule has 19 heavy (non-hydrogen) atoms. The first-order valence-electron chi connectivity index (χ1n) is 6.81. The average Bonchev–Trinajstić information content (AvgIpc) is 2.25. The number of hydrogen-bond acceptors (Lipinski definition) is 2. The molecule has 0 aromatic carbocycles. The molecule has 0 aromatic heterocycles. The van der Waals surface area contributed by atoms with E-state index in [9.17, 15) is 0 Å². The van der Waals surface area contributed by atoms with Gasteiger partial charge >= 0.3 is 7.82 Å². The van der Waals surface area contributed by atoms with Crippen molar-refractivity contribution in [2.75, 3.05) is 6.61 Å². The molecule has 0 bridgehead atoms. The summed E-state index contributed by atoms with van der Waals surface area (Å²) in [6.45, 7) is 2.63. The number of aliphatic hydroxyl groups is 1. The first kappa shape index (κ1) is 25.0. The van der Waals surface area contributed by atoms with Crippen molar-refractivity contribution < 1.29 is 24.4 Å². The van der Waals surface area contributed by atoms with Crippen LogP contribution in [0.15, 0.2) is 0 Å². The Bertz CT molecular complexity index is 180. The van der Waals surface area contributed by atoms with Crippen LogP contribution < -0.4 is 0 Å². The van der Waals surface area contributed by atoms with Gasteiger partial charge in [0.05, 0.1) is 0 Å². The van der Waals surface area contributed by atoms with E-state index >= 15 is 0 Å². The summed E-state index contributed by atoms with van der Waals surface area (Å²) in [5.74, 6) is 0. The Hall–Kier alpha value is 1.07. The number of rotatable bonds is 10. The maximum absolute atomic E-state index is 8.88. The summed E-state index contributed by atoms with van der Waals surface area (Å²) >= 11 is 0. The van der Waals surface area contributed by atoms with Gasteiger partial charge in [0.25, 0.3) is 0 Å². The molecule has 5 nitrogen and oxygen atoms in total. The van der Waals surface area contributed by atoms with Gasteiger partial charge in [0.1, 0.15) is 0 Å². The zero-order valence-corrected chi connectivity index (χ0v) is 15.3. The van der Waals surface area contributed by atoms with Crippen LogP contribution in [0.1, 0.15) is 71.1 Å². The van der Waals surface area contributed by atoms with Gasteiger partial charge in [-0.15, -0.1) is 0 Å². The quantitative estimate of drug-likeness (QED) is 0.282. The summed E-state index contributed by atoms with van der Waals surface area (Å²) in [4.78, 5) is 21.6. The van der Waals surface area contributed by atoms with Crippen molar-refractivity contribution >= 4 is 37.4 Å². The van der Waals surface area contributed by atoms with E-state index < -0.39 is 7.82 Å². The van der Waals surface area contributed by atoms with E-state index in [4.69, 9.17) is 24.4 Å². The standard InChI is InChI=1S/C12H26O.Na.H3O4P/c1-2-3-4-5-6-7-8-9-10-11-12-13;;1-5(2,3)4/h13H,2-12H2,1H3;;(H3,1,2,3,4). The molecule has 0 atom stereocenters. The van der Waals surface area contributed by atoms with Crippen LogP contribution in [0.3, 0.4) is 0 Å². The molecule has 1 radical (unpaired) electrons. The molecular formula is C12H29NaO5P. The molecule has 113 valence electrons. The Morgan fingerprint density at radius 3 is 1.26 bits per heavy atom. The van der Waals surface area contributed by atoms with Crippen LogP contribution >= 0.6 is 7.82 Å². The summed E-state index contributed by atoms with van der Waals surface area (Å²) in [6.07, 6.45) is 13.3. The third kappa shape index (κ3) is 45.3. The Labute approximate surface area is 139 Å². The van der Waals surface area contributed by atoms with E-state index in [0.29, 0.717) is 6.61 Å². The molecule has 0 spiro atoms. The van der Waals surface area contributed by atoms with Crippen LogP contribution in [0.5, 0.6) is 0 Å². The van der Waals surface area contributed by atoms with Crippen molar-refractivity contribution in [2.45, 2.75) is 71.1 Å². The second-order valence-corrected chi connectivity index (χ2v) is 5.45. The Kier molecular flexibility index (Phi) is 25.1. The third-order valence-corrected chi connectivity index (χ3v) is 2.51. The van der Waals surface area contributed by atoms with Crippen molar-refractivity contribution in [1.82, 2.24) is 0 Å². The summed E-state index contributed by atoms with van der Waals surface area (Å²) < 4.78 is 8.88. The Balaban J connectivity index is -0.000000366. The summed E-state index contributed by atoms with van der Waals surface area (Å²) in [5.41, 5.74) is 0. The summed E-state index contributed by atoms with van der Waals surface area (Å²) in [5, 5.41) is 8.57. The van der Waals surface area contributed by atoms with Crippen LogP contribution in [0.4, 0.5) is 0 Å². The van der Waals surface area contributed by atoms with Gasteiger partial charge in [-0.2, -0.15) is 0 Å². The molecule has 0 unspecified atom stereocenters. The molecule has 4 N–H and O–H groups in total. The van der Waals surface area contributed by atoms with E-state index in [-0.39, 0.29) is 29.6 Å². The monoisotopic (exact) mass is 307 g/mol. The van der Waals surface area contributed by atoms with Crippen molar-refractivity contribution in [1.29, 1.82) is 0 Å². The zero-order chi connectivity index (χ0) is 14.3. The fraction of sp³-hybridized carbons (Fsp3) is 1.00. The van der Waals surface area contributed by atoms with E-state index in [1.165, 1.54) is 57.8 Å². The molecule has 0 fully saturated rings. The van der Waals surface area contributed by atoms with Gasteiger partial charge in [-0.25, -0.2) is 4.57 Å². The summed E-state index contributed by atoms with van der Waals surface area (Å²) in [7, 11) is -4.64. The fourth-order valence-corrected chi connectivity index (χ4v) is 1.60. The Morgan fingerprint density at radius 1 is 0.737 bits per heavy atom. The van der Waals surface area contributed by atoms with E-state index in [0.717, 1.165) is 6.42 Å². The Morgan fingerprint density at radius 2 is 1.00 bits per heavy atom. The minimum absolute atomic E-state index is 0. The van der Waals surface area contributed by atoms with Gasteiger partial charge < -0.3 is 19.8 Å². The molecule has 0 aliphatic heterocycles. The zero-order valence-electron chi connectivity index (χ0n) is 12.4. The fourth-order valence-electron chi connectivity index (χ4n) is 1.60. The average molecular weight is 307 g/mol. The molecule has 0 rings (SSSR count). The number of phosphoric acid groups is 1. The molecule has 0 aliphatic carbocycles. The maximum atomic E-state index is 8.88. The van der Waals surface area contributed by atoms with Gasteiger partial charge in [-0.3, -0.25) is 0 Å². The second-order valence-electron chi connectivity index (χ2n) is 4.42. The SMILES string of the molecule is CCCCCCCCCCCCO.O=P(O)(O)O.[Na]. The molecule has 0 saturated carbocycles. The third-order valence-electron chi connectivity index (χ3n) is 2.51. The van der Waals surface area contributed by atoms with Gasteiger partial charge in [-0.1, -0.05) is 64.7 Å². The molecule has 0 aliphatic rings. The van der Waals surface area contributed by atoms with Gasteiger partial charge in [-0.05, 0) is 6.42 Å². The van der Waals surface area contributed by atoms with Crippen molar-refractivity contribution in [3.05, 3.63) is 0 Å². The molecule has 7 heteroatoms. The number of hydrogen-bond donors (Lipinski definition) is 4. The minimum atomic E-state index is -4.64. The van der Waals surface area contributed by atoms with Crippen LogP contribution in [0.25, 0.3) is 0 Å². The van der Waals surface area contributed by atoms with Crippen LogP contribution in [0, 0.1) is 0 Å². The predicted octanol–water partition coefficient (Wildman–Crippen LogP) is 2.59. The first-order valence-corrected chi connectivity index (χ1v) is 8.37. The van der Waals surface area contributed by atoms with Crippen molar-refractivity contribution in [3.8, 4) is 0 Å². The molecular weight excluding hydrogens is 278 g/mol. The van der Waals surface area contributed by atoms with Gasteiger partial charge in [0, 0.05) is 36.2 Å². The second kappa shape index (κ2) is 19.1. The molecule has 0 saturated heterocycles. The van der Waals surface area contributed by atoms with Gasteiger partial charge in [0.15, 0.2) is 0 Å². The minimum Gasteiger partial charge on any atom is -0.396 e. The molecule has 0 amide bonds. The van der Waals surface area contributed by atoms with Crippen LogP contribution in [-0.4, -0.2) is 56.0 Å². The first-order chi connectivity index (χ1) is 8.41. The van der Waals surface area contributed by atoms with E-state index in [1.807, 2.05) is 0 Å². The number of unbranched alkanes of at least 4 members (excludes halogenated alkanes) is 9. The van der Waals surface area contributed by atoms with Gasteiger partial charge in [0.2, 0.25) is 0 Å². The largest absolute Gasteiger partial charge is 0.466 e. The predicted molar refractivity (Wildman–Crippen MR) is 78.9 cm³/mol.